The predicted molar refractivity (Wildman–Crippen MR) is 64.8 cm³/mol. The average molecular weight is 252 g/mol. The summed E-state index contributed by atoms with van der Waals surface area (Å²) >= 11 is 5.75. The second kappa shape index (κ2) is 5.23. The number of nitrogens with one attached hydrogen (secondary N) is 1. The fraction of sp³-hybridized carbons (Fsp3) is 0.0833. The van der Waals surface area contributed by atoms with Crippen molar-refractivity contribution in [2.45, 2.75) is 6.04 Å². The highest BCUT2D eigenvalue weighted by Crippen LogP contribution is 2.22. The van der Waals surface area contributed by atoms with Crippen molar-refractivity contribution in [1.29, 1.82) is 0 Å². The van der Waals surface area contributed by atoms with Crippen LogP contribution in [0.3, 0.4) is 0 Å². The molecule has 5 heteroatoms. The van der Waals surface area contributed by atoms with Crippen molar-refractivity contribution in [3.05, 3.63) is 64.7 Å². The van der Waals surface area contributed by atoms with Crippen LogP contribution in [0.5, 0.6) is 0 Å². The van der Waals surface area contributed by atoms with Crippen LogP contribution in [-0.2, 0) is 0 Å². The first-order valence-corrected chi connectivity index (χ1v) is 5.42. The largest absolute Gasteiger partial charge is 0.271 e. The summed E-state index contributed by atoms with van der Waals surface area (Å²) < 4.78 is 13.6. The zero-order valence-electron chi connectivity index (χ0n) is 8.90. The minimum atomic E-state index is -0.492. The van der Waals surface area contributed by atoms with E-state index < -0.39 is 6.04 Å². The van der Waals surface area contributed by atoms with Crippen LogP contribution in [0.15, 0.2) is 42.6 Å². The van der Waals surface area contributed by atoms with E-state index in [4.69, 9.17) is 17.4 Å². The van der Waals surface area contributed by atoms with Crippen molar-refractivity contribution >= 4 is 11.6 Å². The van der Waals surface area contributed by atoms with Gasteiger partial charge in [0.05, 0.1) is 16.8 Å². The van der Waals surface area contributed by atoms with Crippen LogP contribution >= 0.6 is 11.6 Å². The summed E-state index contributed by atoms with van der Waals surface area (Å²) in [5, 5.41) is 0.526. The lowest BCUT2D eigenvalue weighted by atomic mass is 10.0. The Morgan fingerprint density at radius 2 is 2.00 bits per heavy atom. The second-order valence-electron chi connectivity index (χ2n) is 3.52. The molecule has 0 saturated heterocycles. The van der Waals surface area contributed by atoms with Gasteiger partial charge in [-0.15, -0.1) is 0 Å². The van der Waals surface area contributed by atoms with E-state index in [1.165, 1.54) is 12.3 Å². The standard InChI is InChI=1S/C12H11ClFN3/c13-8-5-6-11(16-7-8)12(17-15)9-3-1-2-4-10(9)14/h1-7,12,17H,15H2. The van der Waals surface area contributed by atoms with Gasteiger partial charge >= 0.3 is 0 Å². The van der Waals surface area contributed by atoms with Gasteiger partial charge in [0.2, 0.25) is 0 Å². The third kappa shape index (κ3) is 2.61. The normalized spacial score (nSPS) is 12.4. The van der Waals surface area contributed by atoms with Crippen molar-refractivity contribution in [2.24, 2.45) is 5.84 Å². The van der Waals surface area contributed by atoms with E-state index in [1.807, 2.05) is 0 Å². The maximum absolute atomic E-state index is 13.6. The first-order chi connectivity index (χ1) is 8.22. The van der Waals surface area contributed by atoms with Crippen molar-refractivity contribution in [3.8, 4) is 0 Å². The first kappa shape index (κ1) is 12.0. The number of aromatic nitrogens is 1. The molecular formula is C12H11ClFN3. The van der Waals surface area contributed by atoms with Crippen LogP contribution in [0.1, 0.15) is 17.3 Å². The Hall–Kier alpha value is -1.49. The number of rotatable bonds is 3. The van der Waals surface area contributed by atoms with E-state index in [-0.39, 0.29) is 5.82 Å². The van der Waals surface area contributed by atoms with E-state index in [0.717, 1.165) is 0 Å². The number of nitrogens with zero attached hydrogens (tertiary/aromatic N) is 1. The fourth-order valence-corrected chi connectivity index (χ4v) is 1.71. The lowest BCUT2D eigenvalue weighted by Crippen LogP contribution is -2.30. The van der Waals surface area contributed by atoms with Crippen LogP contribution in [0.2, 0.25) is 5.02 Å². The van der Waals surface area contributed by atoms with Gasteiger partial charge in [-0.25, -0.2) is 9.82 Å². The molecule has 1 aromatic heterocycles. The summed E-state index contributed by atoms with van der Waals surface area (Å²) in [7, 11) is 0. The monoisotopic (exact) mass is 251 g/mol. The molecule has 0 radical (unpaired) electrons. The van der Waals surface area contributed by atoms with Gasteiger partial charge in [0.25, 0.3) is 0 Å². The highest BCUT2D eigenvalue weighted by atomic mass is 35.5. The molecular weight excluding hydrogens is 241 g/mol. The summed E-state index contributed by atoms with van der Waals surface area (Å²) in [5.41, 5.74) is 3.61. The topological polar surface area (TPSA) is 50.9 Å². The highest BCUT2D eigenvalue weighted by Gasteiger charge is 2.16. The Balaban J connectivity index is 2.40. The van der Waals surface area contributed by atoms with Crippen molar-refractivity contribution in [3.63, 3.8) is 0 Å². The lowest BCUT2D eigenvalue weighted by molar-refractivity contribution is 0.553. The molecule has 1 atom stereocenters. The van der Waals surface area contributed by atoms with Crippen molar-refractivity contribution in [1.82, 2.24) is 10.4 Å². The van der Waals surface area contributed by atoms with Gasteiger partial charge in [-0.1, -0.05) is 29.8 Å². The molecule has 3 N–H and O–H groups in total. The molecule has 3 nitrogen and oxygen atoms in total. The van der Waals surface area contributed by atoms with Crippen LogP contribution in [0.25, 0.3) is 0 Å². The Morgan fingerprint density at radius 1 is 1.24 bits per heavy atom. The molecule has 0 amide bonds. The minimum absolute atomic E-state index is 0.327. The number of pyridine rings is 1. The fourth-order valence-electron chi connectivity index (χ4n) is 1.60. The molecule has 0 aliphatic carbocycles. The smallest absolute Gasteiger partial charge is 0.128 e. The van der Waals surface area contributed by atoms with Crippen LogP contribution < -0.4 is 11.3 Å². The molecule has 17 heavy (non-hydrogen) atoms. The van der Waals surface area contributed by atoms with Gasteiger partial charge in [0.15, 0.2) is 0 Å². The molecule has 0 saturated carbocycles. The maximum Gasteiger partial charge on any atom is 0.128 e. The maximum atomic E-state index is 13.6. The highest BCUT2D eigenvalue weighted by molar-refractivity contribution is 6.30. The molecule has 0 spiro atoms. The Kier molecular flexibility index (Phi) is 3.68. The Labute approximate surface area is 103 Å². The number of hydrogen-bond donors (Lipinski definition) is 2. The summed E-state index contributed by atoms with van der Waals surface area (Å²) in [6, 6.07) is 9.33. The van der Waals surface area contributed by atoms with E-state index in [1.54, 1.807) is 30.3 Å². The SMILES string of the molecule is NNC(c1ccc(Cl)cn1)c1ccccc1F. The number of hydrogen-bond acceptors (Lipinski definition) is 3. The quantitative estimate of drug-likeness (QED) is 0.651. The number of nitrogens with two attached hydrogens (primary N) is 1. The first-order valence-electron chi connectivity index (χ1n) is 5.04. The van der Waals surface area contributed by atoms with Gasteiger partial charge in [0.1, 0.15) is 5.82 Å². The number of benzene rings is 1. The van der Waals surface area contributed by atoms with Crippen LogP contribution in [0, 0.1) is 5.82 Å². The van der Waals surface area contributed by atoms with Crippen molar-refractivity contribution < 1.29 is 4.39 Å². The molecule has 0 bridgehead atoms. The Morgan fingerprint density at radius 3 is 2.59 bits per heavy atom. The third-order valence-electron chi connectivity index (χ3n) is 2.43. The van der Waals surface area contributed by atoms with Crippen LogP contribution in [-0.4, -0.2) is 4.98 Å². The zero-order chi connectivity index (χ0) is 12.3. The molecule has 88 valence electrons. The zero-order valence-corrected chi connectivity index (χ0v) is 9.66. The summed E-state index contributed by atoms with van der Waals surface area (Å²) in [6.45, 7) is 0. The second-order valence-corrected chi connectivity index (χ2v) is 3.96. The molecule has 1 heterocycles. The summed E-state index contributed by atoms with van der Waals surface area (Å²) in [5.74, 6) is 5.13. The molecule has 0 aliphatic rings. The minimum Gasteiger partial charge on any atom is -0.271 e. The van der Waals surface area contributed by atoms with Gasteiger partial charge < -0.3 is 0 Å². The molecule has 2 aromatic rings. The number of halogens is 2. The third-order valence-corrected chi connectivity index (χ3v) is 2.65. The Bertz CT molecular complexity index is 501. The molecule has 1 unspecified atom stereocenters. The van der Waals surface area contributed by atoms with E-state index in [0.29, 0.717) is 16.3 Å². The van der Waals surface area contributed by atoms with Crippen LogP contribution in [0.4, 0.5) is 4.39 Å². The van der Waals surface area contributed by atoms with E-state index >= 15 is 0 Å². The number of hydrazine groups is 1. The molecule has 2 rings (SSSR count). The molecule has 0 aliphatic heterocycles. The summed E-state index contributed by atoms with van der Waals surface area (Å²) in [6.07, 6.45) is 1.50. The average Bonchev–Trinajstić information content (AvgIpc) is 2.35. The summed E-state index contributed by atoms with van der Waals surface area (Å²) in [4.78, 5) is 4.13. The van der Waals surface area contributed by atoms with Gasteiger partial charge in [0, 0.05) is 11.8 Å². The lowest BCUT2D eigenvalue weighted by Gasteiger charge is -2.16. The van der Waals surface area contributed by atoms with Gasteiger partial charge in [-0.3, -0.25) is 10.8 Å². The van der Waals surface area contributed by atoms with E-state index in [9.17, 15) is 4.39 Å². The van der Waals surface area contributed by atoms with Crippen molar-refractivity contribution in [2.75, 3.05) is 0 Å². The van der Waals surface area contributed by atoms with Gasteiger partial charge in [-0.05, 0) is 18.2 Å². The van der Waals surface area contributed by atoms with E-state index in [2.05, 4.69) is 10.4 Å². The molecule has 0 fully saturated rings. The molecule has 1 aromatic carbocycles. The predicted octanol–water partition coefficient (Wildman–Crippen LogP) is 2.43. The van der Waals surface area contributed by atoms with Gasteiger partial charge in [-0.2, -0.15) is 0 Å².